The van der Waals surface area contributed by atoms with Crippen molar-refractivity contribution in [2.75, 3.05) is 7.11 Å². The van der Waals surface area contributed by atoms with Gasteiger partial charge in [0.15, 0.2) is 0 Å². The van der Waals surface area contributed by atoms with E-state index in [1.165, 1.54) is 12.3 Å². The van der Waals surface area contributed by atoms with E-state index in [2.05, 4.69) is 9.98 Å². The average molecular weight is 455 g/mol. The number of methoxy groups -OCH3 is 1. The molecule has 1 unspecified atom stereocenters. The molecule has 0 aliphatic carbocycles. The number of rotatable bonds is 9. The van der Waals surface area contributed by atoms with Crippen LogP contribution in [0.5, 0.6) is 11.5 Å². The molecular formula is C28H26N2O4. The fraction of sp³-hybridized carbons (Fsp3) is 0.179. The number of nitrogens with zero attached hydrogens (tertiary/aromatic N) is 1. The topological polar surface area (TPSA) is 80.8 Å². The lowest BCUT2D eigenvalue weighted by Crippen LogP contribution is -2.10. The molecule has 0 aliphatic rings. The van der Waals surface area contributed by atoms with Crippen LogP contribution < -0.4 is 15.0 Å². The van der Waals surface area contributed by atoms with E-state index in [1.807, 2.05) is 61.5 Å². The van der Waals surface area contributed by atoms with E-state index < -0.39 is 0 Å². The smallest absolute Gasteiger partial charge is 0.248 e. The van der Waals surface area contributed by atoms with Gasteiger partial charge in [-0.1, -0.05) is 42.5 Å². The molecule has 3 aromatic carbocycles. The van der Waals surface area contributed by atoms with Gasteiger partial charge in [0.1, 0.15) is 18.1 Å². The molecule has 6 nitrogen and oxygen atoms in total. The number of aliphatic imine (C=N–C) groups is 1. The number of hydrogen-bond acceptors (Lipinski definition) is 5. The third kappa shape index (κ3) is 5.59. The Morgan fingerprint density at radius 3 is 2.47 bits per heavy atom. The molecule has 172 valence electrons. The fourth-order valence-electron chi connectivity index (χ4n) is 3.72. The molecule has 0 fully saturated rings. The number of fused-ring (bicyclic) bond motifs is 1. The van der Waals surface area contributed by atoms with Crippen LogP contribution in [-0.2, 0) is 13.0 Å². The van der Waals surface area contributed by atoms with Crippen molar-refractivity contribution < 1.29 is 14.3 Å². The van der Waals surface area contributed by atoms with Crippen LogP contribution in [0.2, 0.25) is 0 Å². The van der Waals surface area contributed by atoms with Gasteiger partial charge in [0, 0.05) is 17.0 Å². The summed E-state index contributed by atoms with van der Waals surface area (Å²) in [6.45, 7) is 2.31. The first-order valence-electron chi connectivity index (χ1n) is 11.1. The van der Waals surface area contributed by atoms with Gasteiger partial charge in [-0.05, 0) is 54.8 Å². The summed E-state index contributed by atoms with van der Waals surface area (Å²) in [7, 11) is 1.63. The van der Waals surface area contributed by atoms with Crippen molar-refractivity contribution in [1.82, 2.24) is 4.98 Å². The molecule has 1 aromatic heterocycles. The van der Waals surface area contributed by atoms with E-state index in [1.54, 1.807) is 25.3 Å². The van der Waals surface area contributed by atoms with Crippen molar-refractivity contribution in [3.8, 4) is 11.5 Å². The highest BCUT2D eigenvalue weighted by Gasteiger charge is 2.14. The van der Waals surface area contributed by atoms with Gasteiger partial charge < -0.3 is 14.5 Å². The molecule has 6 heteroatoms. The van der Waals surface area contributed by atoms with Gasteiger partial charge in [0.25, 0.3) is 0 Å². The summed E-state index contributed by atoms with van der Waals surface area (Å²) in [6, 6.07) is 23.9. The van der Waals surface area contributed by atoms with Crippen LogP contribution in [0.4, 0.5) is 0 Å². The lowest BCUT2D eigenvalue weighted by molar-refractivity contribution is 0.107. The highest BCUT2D eigenvalue weighted by atomic mass is 16.5. The minimum absolute atomic E-state index is 0.0723. The molecule has 0 bridgehead atoms. The third-order valence-electron chi connectivity index (χ3n) is 5.50. The number of carbonyl (C=O) groups excluding carboxylic acids is 1. The minimum atomic E-state index is -0.261. The standard InChI is InChI=1S/C28H26N2O4/c1-19(16-20-8-10-22(33-2)11-9-20)29-17-25(31)23-12-14-26(28-24(23)13-15-27(32)30-28)34-18-21-6-4-3-5-7-21/h3-15,17,19H,16,18H2,1-2H3,(H,30,32). The van der Waals surface area contributed by atoms with Crippen LogP contribution in [0, 0.1) is 0 Å². The second-order valence-electron chi connectivity index (χ2n) is 8.04. The zero-order valence-corrected chi connectivity index (χ0v) is 19.2. The summed E-state index contributed by atoms with van der Waals surface area (Å²) in [4.78, 5) is 32.2. The molecule has 0 amide bonds. The number of carbonyl (C=O) groups is 1. The van der Waals surface area contributed by atoms with E-state index in [0.29, 0.717) is 35.2 Å². The number of benzene rings is 3. The molecule has 0 saturated carbocycles. The van der Waals surface area contributed by atoms with Crippen LogP contribution in [0.25, 0.3) is 10.9 Å². The first-order valence-corrected chi connectivity index (χ1v) is 11.1. The predicted molar refractivity (Wildman–Crippen MR) is 134 cm³/mol. The Hall–Kier alpha value is -4.19. The Morgan fingerprint density at radius 1 is 0.971 bits per heavy atom. The summed E-state index contributed by atoms with van der Waals surface area (Å²) in [6.07, 6.45) is 2.06. The average Bonchev–Trinajstić information content (AvgIpc) is 2.87. The van der Waals surface area contributed by atoms with Gasteiger partial charge in [0.05, 0.1) is 24.9 Å². The largest absolute Gasteiger partial charge is 0.497 e. The zero-order chi connectivity index (χ0) is 23.9. The minimum Gasteiger partial charge on any atom is -0.497 e. The molecule has 4 rings (SSSR count). The van der Waals surface area contributed by atoms with Crippen molar-refractivity contribution in [2.45, 2.75) is 26.0 Å². The van der Waals surface area contributed by atoms with Crippen LogP contribution in [0.1, 0.15) is 28.4 Å². The van der Waals surface area contributed by atoms with E-state index in [-0.39, 0.29) is 17.4 Å². The number of aromatic nitrogens is 1. The van der Waals surface area contributed by atoms with E-state index in [0.717, 1.165) is 16.9 Å². The second kappa shape index (κ2) is 10.6. The molecule has 4 aromatic rings. The van der Waals surface area contributed by atoms with Gasteiger partial charge >= 0.3 is 0 Å². The summed E-state index contributed by atoms with van der Waals surface area (Å²) in [5.74, 6) is 1.09. The number of Topliss-reactive ketones (excluding diaryl/α,β-unsaturated/α-hetero) is 1. The van der Waals surface area contributed by atoms with E-state index in [4.69, 9.17) is 9.47 Å². The van der Waals surface area contributed by atoms with Gasteiger partial charge in [0.2, 0.25) is 11.3 Å². The maximum absolute atomic E-state index is 13.0. The zero-order valence-electron chi connectivity index (χ0n) is 19.2. The van der Waals surface area contributed by atoms with Crippen molar-refractivity contribution in [2.24, 2.45) is 4.99 Å². The van der Waals surface area contributed by atoms with Gasteiger partial charge in [-0.3, -0.25) is 14.6 Å². The van der Waals surface area contributed by atoms with E-state index >= 15 is 0 Å². The number of aromatic amines is 1. The summed E-state index contributed by atoms with van der Waals surface area (Å²) in [5, 5.41) is 0.615. The number of nitrogens with one attached hydrogen (secondary N) is 1. The quantitative estimate of drug-likeness (QED) is 0.285. The number of hydrogen-bond donors (Lipinski definition) is 1. The molecule has 0 spiro atoms. The van der Waals surface area contributed by atoms with Crippen molar-refractivity contribution in [3.63, 3.8) is 0 Å². The molecule has 0 radical (unpaired) electrons. The molecule has 34 heavy (non-hydrogen) atoms. The predicted octanol–water partition coefficient (Wildman–Crippen LogP) is 5.00. The van der Waals surface area contributed by atoms with Crippen molar-refractivity contribution in [1.29, 1.82) is 0 Å². The lowest BCUT2D eigenvalue weighted by Gasteiger charge is -2.11. The van der Waals surface area contributed by atoms with Gasteiger partial charge in [-0.15, -0.1) is 0 Å². The maximum atomic E-state index is 13.0. The van der Waals surface area contributed by atoms with Crippen LogP contribution in [0.15, 0.2) is 88.6 Å². The molecule has 0 aliphatic heterocycles. The normalized spacial score (nSPS) is 12.1. The Bertz CT molecular complexity index is 1360. The Balaban J connectivity index is 1.52. The van der Waals surface area contributed by atoms with Crippen molar-refractivity contribution in [3.05, 3.63) is 106 Å². The van der Waals surface area contributed by atoms with Gasteiger partial charge in [-0.25, -0.2) is 0 Å². The molecular weight excluding hydrogens is 428 g/mol. The fourth-order valence-corrected chi connectivity index (χ4v) is 3.72. The van der Waals surface area contributed by atoms with Gasteiger partial charge in [-0.2, -0.15) is 0 Å². The summed E-state index contributed by atoms with van der Waals surface area (Å²) < 4.78 is 11.1. The van der Waals surface area contributed by atoms with Crippen molar-refractivity contribution >= 4 is 22.9 Å². The Labute approximate surface area is 197 Å². The number of pyridine rings is 1. The Kier molecular flexibility index (Phi) is 7.18. The first-order chi connectivity index (χ1) is 16.5. The summed E-state index contributed by atoms with van der Waals surface area (Å²) in [5.41, 5.74) is 2.81. The molecule has 1 atom stereocenters. The number of ketones is 1. The molecule has 1 N–H and O–H groups in total. The number of H-pyrrole nitrogens is 1. The lowest BCUT2D eigenvalue weighted by atomic mass is 10.0. The van der Waals surface area contributed by atoms with Crippen LogP contribution >= 0.6 is 0 Å². The highest BCUT2D eigenvalue weighted by Crippen LogP contribution is 2.27. The van der Waals surface area contributed by atoms with E-state index in [9.17, 15) is 9.59 Å². The van der Waals surface area contributed by atoms with Crippen LogP contribution in [0.3, 0.4) is 0 Å². The monoisotopic (exact) mass is 454 g/mol. The second-order valence-corrected chi connectivity index (χ2v) is 8.04. The van der Waals surface area contributed by atoms with Crippen LogP contribution in [-0.4, -0.2) is 30.1 Å². The Morgan fingerprint density at radius 2 is 1.74 bits per heavy atom. The maximum Gasteiger partial charge on any atom is 0.248 e. The summed E-state index contributed by atoms with van der Waals surface area (Å²) >= 11 is 0. The SMILES string of the molecule is COc1ccc(CC(C)N=CC(=O)c2ccc(OCc3ccccc3)c3[nH]c(=O)ccc23)cc1. The third-order valence-corrected chi connectivity index (χ3v) is 5.50. The number of ether oxygens (including phenoxy) is 2. The molecule has 0 saturated heterocycles. The first kappa shape index (κ1) is 23.0. The highest BCUT2D eigenvalue weighted by molar-refractivity contribution is 6.38. The molecule has 1 heterocycles.